The molecule has 7 N–H and O–H groups in total. The lowest BCUT2D eigenvalue weighted by molar-refractivity contribution is -0.177. The van der Waals surface area contributed by atoms with Crippen LogP contribution in [0.4, 0.5) is 0 Å². The Hall–Kier alpha value is -3.39. The number of imidazole rings is 1. The number of rotatable bonds is 13. The first-order valence-electron chi connectivity index (χ1n) is 14.3. The number of nitrogens with one attached hydrogen (secondary N) is 2. The van der Waals surface area contributed by atoms with Crippen molar-refractivity contribution in [3.8, 4) is 0 Å². The van der Waals surface area contributed by atoms with Crippen molar-refractivity contribution in [1.29, 1.82) is 0 Å². The largest absolute Gasteiger partial charge is 0.479 e. The zero-order chi connectivity index (χ0) is 32.3. The van der Waals surface area contributed by atoms with E-state index in [4.69, 9.17) is 24.1 Å². The number of carboxylic acid groups (broad SMARTS) is 1. The van der Waals surface area contributed by atoms with Crippen LogP contribution in [0.15, 0.2) is 42.9 Å². The van der Waals surface area contributed by atoms with Gasteiger partial charge in [0.2, 0.25) is 11.8 Å². The van der Waals surface area contributed by atoms with Gasteiger partial charge in [-0.3, -0.25) is 24.1 Å². The van der Waals surface area contributed by atoms with E-state index in [1.54, 1.807) is 19.9 Å². The number of hydrogen-bond acceptors (Lipinski definition) is 10. The van der Waals surface area contributed by atoms with E-state index in [1.165, 1.54) is 57.6 Å². The maximum absolute atomic E-state index is 14.8. The van der Waals surface area contributed by atoms with E-state index < -0.39 is 69.1 Å². The minimum atomic E-state index is -2.87. The highest BCUT2D eigenvalue weighted by Gasteiger charge is 2.74. The number of hydrogen-bond donors (Lipinski definition) is 6. The highest BCUT2D eigenvalue weighted by molar-refractivity contribution is 7.83. The Bertz CT molecular complexity index is 1340. The van der Waals surface area contributed by atoms with Crippen molar-refractivity contribution in [3.63, 3.8) is 0 Å². The molecule has 0 aliphatic carbocycles. The number of thiol groups is 1. The third-order valence-electron chi connectivity index (χ3n) is 8.28. The summed E-state index contributed by atoms with van der Waals surface area (Å²) in [5.41, 5.74) is 8.03. The molecule has 43 heavy (non-hydrogen) atoms. The summed E-state index contributed by atoms with van der Waals surface area (Å²) < 4.78 is -2.52. The lowest BCUT2D eigenvalue weighted by Gasteiger charge is -2.56. The second-order valence-corrected chi connectivity index (χ2v) is 12.6. The minimum Gasteiger partial charge on any atom is -0.479 e. The van der Waals surface area contributed by atoms with Crippen LogP contribution in [0.25, 0.3) is 0 Å². The van der Waals surface area contributed by atoms with E-state index in [2.05, 4.69) is 15.3 Å². The van der Waals surface area contributed by atoms with Crippen LogP contribution in [0.2, 0.25) is 0 Å². The summed E-state index contributed by atoms with van der Waals surface area (Å²) in [6.07, 6.45) is 3.63. The number of ketones is 2. The van der Waals surface area contributed by atoms with E-state index in [0.29, 0.717) is 30.0 Å². The van der Waals surface area contributed by atoms with Gasteiger partial charge in [-0.25, -0.2) is 9.78 Å². The number of carbonyl (C=O) groups excluding carboxylic acids is 4. The zero-order valence-electron chi connectivity index (χ0n) is 25.2. The normalized spacial score (nSPS) is 19.6. The maximum Gasteiger partial charge on any atom is 0.336 e. The molecule has 0 radical (unpaired) electrons. The molecule has 1 saturated heterocycles. The van der Waals surface area contributed by atoms with Crippen LogP contribution in [0.1, 0.15) is 58.7 Å². The Morgan fingerprint density at radius 3 is 2.19 bits per heavy atom. The Labute approximate surface area is 256 Å². The molecule has 13 heteroatoms. The predicted molar refractivity (Wildman–Crippen MR) is 163 cm³/mol. The van der Waals surface area contributed by atoms with Crippen molar-refractivity contribution < 1.29 is 29.1 Å². The van der Waals surface area contributed by atoms with E-state index >= 15 is 0 Å². The molecule has 12 nitrogen and oxygen atoms in total. The molecule has 5 unspecified atom stereocenters. The third-order valence-corrected chi connectivity index (χ3v) is 9.38. The van der Waals surface area contributed by atoms with Crippen LogP contribution in [0.5, 0.6) is 0 Å². The fraction of sp³-hybridized carbons (Fsp3) is 0.533. The lowest BCUT2D eigenvalue weighted by Crippen LogP contribution is -2.78. The van der Waals surface area contributed by atoms with E-state index in [9.17, 15) is 29.1 Å². The first-order valence-corrected chi connectivity index (χ1v) is 14.7. The first-order chi connectivity index (χ1) is 20.1. The topological polar surface area (TPSA) is 202 Å². The van der Waals surface area contributed by atoms with Crippen molar-refractivity contribution in [3.05, 3.63) is 54.1 Å². The lowest BCUT2D eigenvalue weighted by atomic mass is 9.57. The predicted octanol–water partition coefficient (Wildman–Crippen LogP) is 1.20. The summed E-state index contributed by atoms with van der Waals surface area (Å²) in [6.45, 7) is 7.88. The fourth-order valence-electron chi connectivity index (χ4n) is 6.08. The molecule has 2 heterocycles. The summed E-state index contributed by atoms with van der Waals surface area (Å²) in [5.74, 6) is -5.85. The second-order valence-electron chi connectivity index (χ2n) is 11.9. The van der Waals surface area contributed by atoms with Crippen molar-refractivity contribution in [2.45, 2.75) is 82.3 Å². The van der Waals surface area contributed by atoms with Gasteiger partial charge in [-0.05, 0) is 31.9 Å². The van der Waals surface area contributed by atoms with E-state index in [1.807, 2.05) is 0 Å². The third kappa shape index (κ3) is 5.78. The molecular formula is C30H42N6O6S. The smallest absolute Gasteiger partial charge is 0.336 e. The number of nitrogens with two attached hydrogens (primary N) is 2. The molecule has 1 aliphatic heterocycles. The van der Waals surface area contributed by atoms with Gasteiger partial charge >= 0.3 is 5.97 Å². The van der Waals surface area contributed by atoms with Gasteiger partial charge in [0.1, 0.15) is 10.5 Å². The molecule has 1 fully saturated rings. The van der Waals surface area contributed by atoms with Gasteiger partial charge in [-0.2, -0.15) is 12.6 Å². The van der Waals surface area contributed by atoms with Gasteiger partial charge in [-0.1, -0.05) is 58.0 Å². The molecule has 0 spiro atoms. The molecule has 3 rings (SSSR count). The number of amides is 2. The van der Waals surface area contributed by atoms with E-state index in [0.717, 1.165) is 0 Å². The Kier molecular flexibility index (Phi) is 10.4. The summed E-state index contributed by atoms with van der Waals surface area (Å²) >= 11 is 4.95. The number of imide groups is 1. The van der Waals surface area contributed by atoms with Crippen LogP contribution in [0, 0.1) is 11.3 Å². The van der Waals surface area contributed by atoms with Crippen molar-refractivity contribution >= 4 is 42.0 Å². The van der Waals surface area contributed by atoms with Crippen molar-refractivity contribution in [1.82, 2.24) is 20.2 Å². The van der Waals surface area contributed by atoms with Crippen LogP contribution in [-0.4, -0.2) is 78.7 Å². The standard InChI is InChI=1S/C30H42N6O6S/c1-17(2)23(37)28(4,5)30(43,24(38)22-12-9-13-34-22)29(27(41)42,19-10-7-6-8-11-19)36(25(39)18(3)31)26(40)21(32)14-20-15-33-16-35-20/h6-8,10-11,15-18,21-22,34,43H,9,12-14,31-32H2,1-5H3,(H,33,35)(H,41,42). The quantitative estimate of drug-likeness (QED) is 0.178. The Morgan fingerprint density at radius 1 is 1.09 bits per heavy atom. The van der Waals surface area contributed by atoms with Gasteiger partial charge in [-0.15, -0.1) is 0 Å². The molecule has 1 aromatic heterocycles. The SMILES string of the molecule is CC(C)C(=O)C(C)(C)C(S)(C(=O)C1CCCN1)C(C(=O)O)(c1ccccc1)N(C(=O)C(C)N)C(=O)C(N)Cc1cnc[nH]1. The van der Waals surface area contributed by atoms with Gasteiger partial charge < -0.3 is 26.9 Å². The van der Waals surface area contributed by atoms with Gasteiger partial charge in [0.15, 0.2) is 11.3 Å². The number of Topliss-reactive ketones (excluding diaryl/α,β-unsaturated/α-hetero) is 2. The highest BCUT2D eigenvalue weighted by atomic mass is 32.1. The summed E-state index contributed by atoms with van der Waals surface area (Å²) in [5, 5.41) is 14.5. The number of aromatic nitrogens is 2. The molecule has 0 saturated carbocycles. The van der Waals surface area contributed by atoms with Crippen LogP contribution >= 0.6 is 12.6 Å². The first kappa shape index (κ1) is 34.1. The van der Waals surface area contributed by atoms with Crippen molar-refractivity contribution in [2.75, 3.05) is 6.54 Å². The van der Waals surface area contributed by atoms with Crippen LogP contribution in [-0.2, 0) is 35.9 Å². The highest BCUT2D eigenvalue weighted by Crippen LogP contribution is 2.56. The zero-order valence-corrected chi connectivity index (χ0v) is 26.1. The molecule has 5 atom stereocenters. The van der Waals surface area contributed by atoms with E-state index in [-0.39, 0.29) is 12.0 Å². The summed E-state index contributed by atoms with van der Waals surface area (Å²) in [6, 6.07) is 3.66. The number of aliphatic carboxylic acids is 1. The minimum absolute atomic E-state index is 0.121. The van der Waals surface area contributed by atoms with Crippen molar-refractivity contribution in [2.24, 2.45) is 22.8 Å². The summed E-state index contributed by atoms with van der Waals surface area (Å²) in [4.78, 5) is 78.7. The summed E-state index contributed by atoms with van der Waals surface area (Å²) in [7, 11) is 0. The monoisotopic (exact) mass is 614 g/mol. The van der Waals surface area contributed by atoms with Gasteiger partial charge in [0, 0.05) is 29.6 Å². The van der Waals surface area contributed by atoms with Gasteiger partial charge in [0.05, 0.1) is 24.5 Å². The Morgan fingerprint density at radius 2 is 1.72 bits per heavy atom. The molecule has 0 bridgehead atoms. The number of aromatic amines is 1. The number of carbonyl (C=O) groups is 5. The molecule has 2 aromatic rings. The maximum atomic E-state index is 14.8. The number of nitrogens with zero attached hydrogens (tertiary/aromatic N) is 2. The molecule has 1 aromatic carbocycles. The van der Waals surface area contributed by atoms with Gasteiger partial charge in [0.25, 0.3) is 0 Å². The number of carboxylic acids is 1. The molecule has 234 valence electrons. The molecular weight excluding hydrogens is 572 g/mol. The number of H-pyrrole nitrogens is 1. The number of benzene rings is 1. The Balaban J connectivity index is 2.52. The average molecular weight is 615 g/mol. The molecule has 1 aliphatic rings. The fourth-order valence-corrected chi connectivity index (χ4v) is 6.67. The van der Waals surface area contributed by atoms with Crippen LogP contribution in [0.3, 0.4) is 0 Å². The second kappa shape index (κ2) is 13.1. The van der Waals surface area contributed by atoms with Crippen LogP contribution < -0.4 is 16.8 Å². The molecule has 2 amide bonds. The average Bonchev–Trinajstić information content (AvgIpc) is 3.69.